The Kier molecular flexibility index (Phi) is 4.28. The molecule has 0 aromatic carbocycles. The van der Waals surface area contributed by atoms with Gasteiger partial charge in [-0.2, -0.15) is 13.2 Å². The molecule has 0 radical (unpaired) electrons. The van der Waals surface area contributed by atoms with Crippen molar-refractivity contribution in [3.05, 3.63) is 28.6 Å². The van der Waals surface area contributed by atoms with E-state index in [1.165, 1.54) is 0 Å². The average Bonchev–Trinajstić information content (AvgIpc) is 3.11. The molecule has 2 aromatic heterocycles. The molecule has 0 saturated carbocycles. The van der Waals surface area contributed by atoms with Crippen LogP contribution in [0.4, 0.5) is 13.2 Å². The Morgan fingerprint density at radius 3 is 2.59 bits per heavy atom. The second-order valence-electron chi connectivity index (χ2n) is 5.43. The molecular weight excluding hydrogens is 333 g/mol. The Morgan fingerprint density at radius 1 is 1.27 bits per heavy atom. The minimum absolute atomic E-state index is 0.224. The molecule has 1 N–H and O–H groups in total. The summed E-state index contributed by atoms with van der Waals surface area (Å²) in [5, 5.41) is 14.5. The van der Waals surface area contributed by atoms with Gasteiger partial charge in [-0.3, -0.25) is 4.90 Å². The van der Waals surface area contributed by atoms with Crippen LogP contribution in [0.25, 0.3) is 9.88 Å². The fourth-order valence-electron chi connectivity index (χ4n) is 2.49. The quantitative estimate of drug-likeness (QED) is 0.917. The molecule has 3 heterocycles. The second kappa shape index (κ2) is 5.92. The number of thiophene rings is 1. The molecule has 3 nitrogen and oxygen atoms in total. The SMILES string of the molecule is OC1(C(F)(F)F)CCN(Cc2csc(-c3cccs3)n2)CC1. The van der Waals surface area contributed by atoms with Crippen LogP contribution in [0.15, 0.2) is 22.9 Å². The van der Waals surface area contributed by atoms with E-state index >= 15 is 0 Å². The highest BCUT2D eigenvalue weighted by Gasteiger charge is 2.54. The number of piperidine rings is 1. The van der Waals surface area contributed by atoms with Gasteiger partial charge in [-0.1, -0.05) is 6.07 Å². The third kappa shape index (κ3) is 3.19. The van der Waals surface area contributed by atoms with Gasteiger partial charge in [0.05, 0.1) is 10.6 Å². The number of thiazole rings is 1. The number of halogens is 3. The van der Waals surface area contributed by atoms with Crippen molar-refractivity contribution in [2.45, 2.75) is 31.2 Å². The molecule has 0 aliphatic carbocycles. The monoisotopic (exact) mass is 348 g/mol. The van der Waals surface area contributed by atoms with E-state index in [1.54, 1.807) is 22.7 Å². The predicted octanol–water partition coefficient (Wildman–Crippen LogP) is 3.76. The summed E-state index contributed by atoms with van der Waals surface area (Å²) in [6.45, 7) is 0.972. The summed E-state index contributed by atoms with van der Waals surface area (Å²) in [6.07, 6.45) is -5.11. The maximum atomic E-state index is 12.8. The molecule has 0 atom stereocenters. The number of likely N-dealkylation sites (tertiary alicyclic amines) is 1. The first-order valence-electron chi connectivity index (χ1n) is 6.87. The fraction of sp³-hybridized carbons (Fsp3) is 0.500. The van der Waals surface area contributed by atoms with Crippen LogP contribution < -0.4 is 0 Å². The van der Waals surface area contributed by atoms with Crippen molar-refractivity contribution < 1.29 is 18.3 Å². The van der Waals surface area contributed by atoms with Crippen molar-refractivity contribution in [3.8, 4) is 9.88 Å². The molecule has 1 saturated heterocycles. The van der Waals surface area contributed by atoms with E-state index in [4.69, 9.17) is 0 Å². The van der Waals surface area contributed by atoms with Gasteiger partial charge in [0.15, 0.2) is 5.60 Å². The number of nitrogens with zero attached hydrogens (tertiary/aromatic N) is 2. The number of hydrogen-bond donors (Lipinski definition) is 1. The van der Waals surface area contributed by atoms with Gasteiger partial charge in [0.25, 0.3) is 0 Å². The second-order valence-corrected chi connectivity index (χ2v) is 7.23. The highest BCUT2D eigenvalue weighted by molar-refractivity contribution is 7.20. The third-order valence-electron chi connectivity index (χ3n) is 3.88. The summed E-state index contributed by atoms with van der Waals surface area (Å²) >= 11 is 3.16. The van der Waals surface area contributed by atoms with E-state index in [-0.39, 0.29) is 25.9 Å². The maximum absolute atomic E-state index is 12.8. The molecule has 0 spiro atoms. The molecule has 22 heavy (non-hydrogen) atoms. The van der Waals surface area contributed by atoms with Gasteiger partial charge < -0.3 is 5.11 Å². The third-order valence-corrected chi connectivity index (χ3v) is 5.81. The number of aliphatic hydroxyl groups is 1. The van der Waals surface area contributed by atoms with E-state index in [0.717, 1.165) is 15.6 Å². The van der Waals surface area contributed by atoms with Crippen LogP contribution in [0.1, 0.15) is 18.5 Å². The Morgan fingerprint density at radius 2 is 2.00 bits per heavy atom. The van der Waals surface area contributed by atoms with Gasteiger partial charge in [0.2, 0.25) is 0 Å². The molecule has 0 unspecified atom stereocenters. The van der Waals surface area contributed by atoms with Crippen molar-refractivity contribution in [2.24, 2.45) is 0 Å². The molecule has 0 amide bonds. The van der Waals surface area contributed by atoms with Crippen molar-refractivity contribution in [3.63, 3.8) is 0 Å². The number of hydrogen-bond acceptors (Lipinski definition) is 5. The molecule has 0 bridgehead atoms. The molecule has 2 aromatic rings. The minimum atomic E-state index is -4.55. The molecular formula is C14H15F3N2OS2. The molecule has 8 heteroatoms. The molecule has 120 valence electrons. The summed E-state index contributed by atoms with van der Waals surface area (Å²) < 4.78 is 38.3. The highest BCUT2D eigenvalue weighted by Crippen LogP contribution is 2.38. The van der Waals surface area contributed by atoms with Gasteiger partial charge in [-0.05, 0) is 24.3 Å². The van der Waals surface area contributed by atoms with Gasteiger partial charge >= 0.3 is 6.18 Å². The summed E-state index contributed by atoms with van der Waals surface area (Å²) in [5.74, 6) is 0. The van der Waals surface area contributed by atoms with E-state index in [9.17, 15) is 18.3 Å². The van der Waals surface area contributed by atoms with Crippen LogP contribution in [0.3, 0.4) is 0 Å². The smallest absolute Gasteiger partial charge is 0.380 e. The lowest BCUT2D eigenvalue weighted by atomic mass is 9.91. The number of aromatic nitrogens is 1. The maximum Gasteiger partial charge on any atom is 0.417 e. The largest absolute Gasteiger partial charge is 0.417 e. The van der Waals surface area contributed by atoms with Gasteiger partial charge in [-0.25, -0.2) is 4.98 Å². The van der Waals surface area contributed by atoms with Crippen LogP contribution in [-0.4, -0.2) is 39.9 Å². The molecule has 1 aliphatic heterocycles. The Hall–Kier alpha value is -0.960. The van der Waals surface area contributed by atoms with Gasteiger partial charge in [0, 0.05) is 25.0 Å². The van der Waals surface area contributed by atoms with Crippen LogP contribution in [-0.2, 0) is 6.54 Å². The Labute approximate surface area is 134 Å². The van der Waals surface area contributed by atoms with Crippen molar-refractivity contribution in [1.82, 2.24) is 9.88 Å². The average molecular weight is 348 g/mol. The Balaban J connectivity index is 1.60. The first-order valence-corrected chi connectivity index (χ1v) is 8.63. The van der Waals surface area contributed by atoms with E-state index in [1.807, 2.05) is 27.8 Å². The van der Waals surface area contributed by atoms with Crippen molar-refractivity contribution in [2.75, 3.05) is 13.1 Å². The van der Waals surface area contributed by atoms with Crippen LogP contribution in [0.5, 0.6) is 0 Å². The molecule has 1 fully saturated rings. The predicted molar refractivity (Wildman–Crippen MR) is 80.9 cm³/mol. The number of rotatable bonds is 3. The zero-order valence-corrected chi connectivity index (χ0v) is 13.3. The molecule has 1 aliphatic rings. The van der Waals surface area contributed by atoms with Gasteiger partial charge in [0.1, 0.15) is 5.01 Å². The summed E-state index contributed by atoms with van der Waals surface area (Å²) in [4.78, 5) is 7.54. The fourth-order valence-corrected chi connectivity index (χ4v) is 4.11. The van der Waals surface area contributed by atoms with Crippen LogP contribution >= 0.6 is 22.7 Å². The van der Waals surface area contributed by atoms with Gasteiger partial charge in [-0.15, -0.1) is 22.7 Å². The standard InChI is InChI=1S/C14H15F3N2OS2/c15-14(16,17)13(20)3-5-19(6-4-13)8-10-9-22-12(18-10)11-2-1-7-21-11/h1-2,7,9,20H,3-6,8H2. The molecule has 3 rings (SSSR count). The zero-order chi connectivity index (χ0) is 15.8. The lowest BCUT2D eigenvalue weighted by molar-refractivity contribution is -0.272. The highest BCUT2D eigenvalue weighted by atomic mass is 32.1. The topological polar surface area (TPSA) is 36.4 Å². The van der Waals surface area contributed by atoms with Crippen LogP contribution in [0, 0.1) is 0 Å². The lowest BCUT2D eigenvalue weighted by Crippen LogP contribution is -2.53. The van der Waals surface area contributed by atoms with E-state index in [2.05, 4.69) is 4.98 Å². The lowest BCUT2D eigenvalue weighted by Gasteiger charge is -2.38. The van der Waals surface area contributed by atoms with Crippen molar-refractivity contribution in [1.29, 1.82) is 0 Å². The Bertz CT molecular complexity index is 616. The number of alkyl halides is 3. The summed E-state index contributed by atoms with van der Waals surface area (Å²) in [7, 11) is 0. The summed E-state index contributed by atoms with van der Waals surface area (Å²) in [5.41, 5.74) is -1.67. The first-order chi connectivity index (χ1) is 10.4. The van der Waals surface area contributed by atoms with E-state index in [0.29, 0.717) is 6.54 Å². The van der Waals surface area contributed by atoms with Crippen LogP contribution in [0.2, 0.25) is 0 Å². The normalized spacial score (nSPS) is 19.5. The summed E-state index contributed by atoms with van der Waals surface area (Å²) in [6, 6.07) is 3.96. The van der Waals surface area contributed by atoms with Crippen molar-refractivity contribution >= 4 is 22.7 Å². The minimum Gasteiger partial charge on any atom is -0.380 e. The van der Waals surface area contributed by atoms with E-state index < -0.39 is 11.8 Å². The zero-order valence-electron chi connectivity index (χ0n) is 11.6. The first kappa shape index (κ1) is 15.9.